The fourth-order valence-corrected chi connectivity index (χ4v) is 3.25. The Morgan fingerprint density at radius 1 is 1.04 bits per heavy atom. The Morgan fingerprint density at radius 2 is 1.70 bits per heavy atom. The van der Waals surface area contributed by atoms with Gasteiger partial charge in [-0.15, -0.1) is 0 Å². The molecule has 1 aliphatic heterocycles. The van der Waals surface area contributed by atoms with Crippen molar-refractivity contribution in [1.29, 1.82) is 0 Å². The zero-order valence-corrected chi connectivity index (χ0v) is 15.1. The van der Waals surface area contributed by atoms with Crippen LogP contribution < -0.4 is 0 Å². The van der Waals surface area contributed by atoms with E-state index in [9.17, 15) is 4.79 Å². The largest absolute Gasteiger partial charge is 0.365 e. The van der Waals surface area contributed by atoms with E-state index < -0.39 is 0 Å². The predicted molar refractivity (Wildman–Crippen MR) is 92.6 cm³/mol. The summed E-state index contributed by atoms with van der Waals surface area (Å²) in [6.45, 7) is 2.56. The number of hydrogen-bond acceptors (Lipinski definition) is 4. The molecule has 0 amide bonds. The molecule has 4 nitrogen and oxygen atoms in total. The van der Waals surface area contributed by atoms with Crippen LogP contribution in [0.15, 0.2) is 0 Å². The number of ether oxygens (including phenoxy) is 3. The number of aldehydes is 1. The van der Waals surface area contributed by atoms with Crippen LogP contribution in [0.2, 0.25) is 0 Å². The maximum atomic E-state index is 10.8. The molecule has 23 heavy (non-hydrogen) atoms. The van der Waals surface area contributed by atoms with E-state index in [-0.39, 0.29) is 18.3 Å². The van der Waals surface area contributed by atoms with Crippen molar-refractivity contribution in [3.05, 3.63) is 0 Å². The number of rotatable bonds is 15. The molecule has 3 atom stereocenters. The molecule has 0 aromatic rings. The summed E-state index contributed by atoms with van der Waals surface area (Å²) in [5.74, 6) is 0. The van der Waals surface area contributed by atoms with E-state index in [4.69, 9.17) is 14.2 Å². The number of unbranched alkanes of at least 4 members (excludes halogenated alkanes) is 8. The second kappa shape index (κ2) is 13.9. The summed E-state index contributed by atoms with van der Waals surface area (Å²) in [7, 11) is 1.64. The number of methoxy groups -OCH3 is 1. The molecule has 4 heteroatoms. The highest BCUT2D eigenvalue weighted by molar-refractivity contribution is 5.56. The van der Waals surface area contributed by atoms with Crippen molar-refractivity contribution >= 4 is 6.29 Å². The van der Waals surface area contributed by atoms with Gasteiger partial charge in [0.15, 0.2) is 0 Å². The van der Waals surface area contributed by atoms with Crippen LogP contribution >= 0.6 is 0 Å². The summed E-state index contributed by atoms with van der Waals surface area (Å²) in [4.78, 5) is 10.8. The van der Waals surface area contributed by atoms with E-state index in [1.807, 2.05) is 0 Å². The van der Waals surface area contributed by atoms with E-state index in [1.54, 1.807) is 7.11 Å². The highest BCUT2D eigenvalue weighted by atomic mass is 16.7. The van der Waals surface area contributed by atoms with E-state index >= 15 is 0 Å². The Bertz CT molecular complexity index is 283. The summed E-state index contributed by atoms with van der Waals surface area (Å²) in [5, 5.41) is 0. The Hall–Kier alpha value is -0.450. The summed E-state index contributed by atoms with van der Waals surface area (Å²) in [5.41, 5.74) is 0. The van der Waals surface area contributed by atoms with Gasteiger partial charge in [0.25, 0.3) is 0 Å². The third kappa shape index (κ3) is 9.43. The molecule has 0 N–H and O–H groups in total. The number of carbonyl (C=O) groups is 1. The minimum atomic E-state index is -0.239. The van der Waals surface area contributed by atoms with E-state index in [0.29, 0.717) is 6.79 Å². The van der Waals surface area contributed by atoms with Gasteiger partial charge < -0.3 is 19.0 Å². The molecule has 1 aliphatic rings. The Morgan fingerprint density at radius 3 is 2.26 bits per heavy atom. The minimum absolute atomic E-state index is 0.0504. The van der Waals surface area contributed by atoms with E-state index in [1.165, 1.54) is 51.4 Å². The van der Waals surface area contributed by atoms with Crippen molar-refractivity contribution in [2.75, 3.05) is 13.9 Å². The van der Waals surface area contributed by atoms with Gasteiger partial charge in [-0.3, -0.25) is 0 Å². The minimum Gasteiger partial charge on any atom is -0.365 e. The maximum Gasteiger partial charge on any atom is 0.148 e. The van der Waals surface area contributed by atoms with Gasteiger partial charge in [-0.05, 0) is 19.3 Å². The molecule has 1 heterocycles. The normalized spacial score (nSPS) is 22.3. The average molecular weight is 328 g/mol. The fraction of sp³-hybridized carbons (Fsp3) is 0.947. The lowest BCUT2D eigenvalue weighted by molar-refractivity contribution is -0.136. The SMILES string of the molecule is CCCCCCCCCCC[C@@H](OCOC)[C@H]1CC[C@H](C=O)O1. The van der Waals surface area contributed by atoms with Crippen molar-refractivity contribution in [2.45, 2.75) is 102 Å². The lowest BCUT2D eigenvalue weighted by Gasteiger charge is -2.23. The third-order valence-corrected chi connectivity index (χ3v) is 4.64. The topological polar surface area (TPSA) is 44.8 Å². The standard InChI is InChI=1S/C19H36O4/c1-3-4-5-6-7-8-9-10-11-12-18(22-16-21-2)19-14-13-17(15-20)23-19/h15,17-19H,3-14,16H2,1-2H3/t17-,18-,19-/m1/s1. The van der Waals surface area contributed by atoms with Gasteiger partial charge in [0.2, 0.25) is 0 Å². The molecule has 1 fully saturated rings. The smallest absolute Gasteiger partial charge is 0.148 e. The molecule has 1 rings (SSSR count). The van der Waals surface area contributed by atoms with Gasteiger partial charge >= 0.3 is 0 Å². The van der Waals surface area contributed by atoms with Crippen molar-refractivity contribution < 1.29 is 19.0 Å². The summed E-state index contributed by atoms with van der Waals surface area (Å²) in [6, 6.07) is 0. The van der Waals surface area contributed by atoms with E-state index in [0.717, 1.165) is 32.0 Å². The van der Waals surface area contributed by atoms with Crippen molar-refractivity contribution in [3.8, 4) is 0 Å². The predicted octanol–water partition coefficient (Wildman–Crippen LogP) is 4.64. The van der Waals surface area contributed by atoms with Crippen LogP contribution in [-0.4, -0.2) is 38.5 Å². The maximum absolute atomic E-state index is 10.8. The quantitative estimate of drug-likeness (QED) is 0.249. The van der Waals surface area contributed by atoms with Crippen LogP contribution in [0.3, 0.4) is 0 Å². The molecule has 0 spiro atoms. The monoisotopic (exact) mass is 328 g/mol. The second-order valence-electron chi connectivity index (χ2n) is 6.66. The van der Waals surface area contributed by atoms with Gasteiger partial charge in [-0.2, -0.15) is 0 Å². The first-order chi connectivity index (χ1) is 11.3. The van der Waals surface area contributed by atoms with Crippen LogP contribution in [0, 0.1) is 0 Å². The Balaban J connectivity index is 2.10. The third-order valence-electron chi connectivity index (χ3n) is 4.64. The zero-order chi connectivity index (χ0) is 16.8. The van der Waals surface area contributed by atoms with Crippen molar-refractivity contribution in [1.82, 2.24) is 0 Å². The molecular weight excluding hydrogens is 292 g/mol. The van der Waals surface area contributed by atoms with Crippen LogP contribution in [0.1, 0.15) is 84.0 Å². The molecule has 0 aromatic heterocycles. The lowest BCUT2D eigenvalue weighted by atomic mass is 10.0. The first-order valence-electron chi connectivity index (χ1n) is 9.53. The van der Waals surface area contributed by atoms with Crippen LogP contribution in [-0.2, 0) is 19.0 Å². The second-order valence-corrected chi connectivity index (χ2v) is 6.66. The van der Waals surface area contributed by atoms with Crippen molar-refractivity contribution in [3.63, 3.8) is 0 Å². The molecule has 0 radical (unpaired) electrons. The zero-order valence-electron chi connectivity index (χ0n) is 15.1. The number of hydrogen-bond donors (Lipinski definition) is 0. The van der Waals surface area contributed by atoms with E-state index in [2.05, 4.69) is 6.92 Å². The molecular formula is C19H36O4. The fourth-order valence-electron chi connectivity index (χ4n) is 3.25. The van der Waals surface area contributed by atoms with Crippen molar-refractivity contribution in [2.24, 2.45) is 0 Å². The Labute approximate surface area is 142 Å². The Kier molecular flexibility index (Phi) is 12.5. The summed E-state index contributed by atoms with van der Waals surface area (Å²) >= 11 is 0. The summed E-state index contributed by atoms with van der Waals surface area (Å²) < 4.78 is 16.6. The molecule has 0 aliphatic carbocycles. The molecule has 0 unspecified atom stereocenters. The highest BCUT2D eigenvalue weighted by Crippen LogP contribution is 2.26. The molecule has 0 bridgehead atoms. The van der Waals surface area contributed by atoms with Gasteiger partial charge in [-0.25, -0.2) is 0 Å². The van der Waals surface area contributed by atoms with Gasteiger partial charge in [0.1, 0.15) is 19.2 Å². The molecule has 0 aromatic carbocycles. The average Bonchev–Trinajstić information content (AvgIpc) is 3.05. The molecule has 136 valence electrons. The first-order valence-corrected chi connectivity index (χ1v) is 9.53. The number of carbonyl (C=O) groups excluding carboxylic acids is 1. The highest BCUT2D eigenvalue weighted by Gasteiger charge is 2.31. The first kappa shape index (κ1) is 20.6. The van der Waals surface area contributed by atoms with Gasteiger partial charge in [-0.1, -0.05) is 64.7 Å². The van der Waals surface area contributed by atoms with Gasteiger partial charge in [0.05, 0.1) is 12.2 Å². The van der Waals surface area contributed by atoms with Crippen LogP contribution in [0.5, 0.6) is 0 Å². The molecule has 0 saturated carbocycles. The van der Waals surface area contributed by atoms with Crippen LogP contribution in [0.4, 0.5) is 0 Å². The van der Waals surface area contributed by atoms with Crippen LogP contribution in [0.25, 0.3) is 0 Å². The summed E-state index contributed by atoms with van der Waals surface area (Å²) in [6.07, 6.45) is 15.4. The van der Waals surface area contributed by atoms with Gasteiger partial charge in [0, 0.05) is 7.11 Å². The lowest BCUT2D eigenvalue weighted by Crippen LogP contribution is -2.30. The molecule has 1 saturated heterocycles.